The first-order valence-corrected chi connectivity index (χ1v) is 5.15. The number of aryl methyl sites for hydroxylation is 1. The van der Waals surface area contributed by atoms with Crippen LogP contribution in [-0.4, -0.2) is 14.8 Å². The lowest BCUT2D eigenvalue weighted by atomic mass is 10.2. The zero-order chi connectivity index (χ0) is 10.8. The van der Waals surface area contributed by atoms with Crippen molar-refractivity contribution in [1.29, 1.82) is 0 Å². The Labute approximate surface area is 89.8 Å². The highest BCUT2D eigenvalue weighted by atomic mass is 15.3. The Morgan fingerprint density at radius 3 is 2.67 bits per heavy atom. The van der Waals surface area contributed by atoms with E-state index in [9.17, 15) is 0 Å². The Morgan fingerprint density at radius 2 is 2.13 bits per heavy atom. The van der Waals surface area contributed by atoms with E-state index in [1.54, 1.807) is 6.20 Å². The van der Waals surface area contributed by atoms with E-state index in [1.807, 2.05) is 23.0 Å². The molecule has 0 spiro atoms. The molecule has 2 rings (SSSR count). The second-order valence-corrected chi connectivity index (χ2v) is 3.95. The summed E-state index contributed by atoms with van der Waals surface area (Å²) in [6.07, 6.45) is 3.61. The van der Waals surface area contributed by atoms with E-state index in [1.165, 1.54) is 5.69 Å². The zero-order valence-corrected chi connectivity index (χ0v) is 9.31. The molecule has 0 atom stereocenters. The number of hydrogen-bond donors (Lipinski definition) is 0. The summed E-state index contributed by atoms with van der Waals surface area (Å²) >= 11 is 0. The standard InChI is InChI=1S/C12H15N3/c1-9(2)15-10(3)7-12(14-15)11-5-4-6-13-8-11/h4-9H,1-3H3. The van der Waals surface area contributed by atoms with Crippen LogP contribution in [-0.2, 0) is 0 Å². The molecule has 2 aromatic heterocycles. The van der Waals surface area contributed by atoms with Crippen molar-refractivity contribution < 1.29 is 0 Å². The summed E-state index contributed by atoms with van der Waals surface area (Å²) < 4.78 is 2.03. The maximum atomic E-state index is 4.56. The van der Waals surface area contributed by atoms with Gasteiger partial charge in [0.15, 0.2) is 0 Å². The minimum absolute atomic E-state index is 0.399. The summed E-state index contributed by atoms with van der Waals surface area (Å²) in [5, 5.41) is 4.56. The quantitative estimate of drug-likeness (QED) is 0.748. The molecule has 78 valence electrons. The van der Waals surface area contributed by atoms with Crippen molar-refractivity contribution >= 4 is 0 Å². The summed E-state index contributed by atoms with van der Waals surface area (Å²) in [5.41, 5.74) is 3.25. The van der Waals surface area contributed by atoms with E-state index < -0.39 is 0 Å². The Morgan fingerprint density at radius 1 is 1.33 bits per heavy atom. The molecule has 0 saturated carbocycles. The van der Waals surface area contributed by atoms with Crippen LogP contribution in [0.5, 0.6) is 0 Å². The smallest absolute Gasteiger partial charge is 0.0941 e. The highest BCUT2D eigenvalue weighted by Crippen LogP contribution is 2.19. The Kier molecular flexibility index (Phi) is 2.54. The topological polar surface area (TPSA) is 30.7 Å². The molecule has 2 aromatic rings. The molecule has 0 aliphatic rings. The summed E-state index contributed by atoms with van der Waals surface area (Å²) in [5.74, 6) is 0. The predicted molar refractivity (Wildman–Crippen MR) is 60.6 cm³/mol. The maximum Gasteiger partial charge on any atom is 0.0941 e. The molecule has 0 N–H and O–H groups in total. The Hall–Kier alpha value is -1.64. The summed E-state index contributed by atoms with van der Waals surface area (Å²) in [7, 11) is 0. The number of hydrogen-bond acceptors (Lipinski definition) is 2. The van der Waals surface area contributed by atoms with Gasteiger partial charge in [-0.25, -0.2) is 0 Å². The maximum absolute atomic E-state index is 4.56. The molecule has 0 unspecified atom stereocenters. The second-order valence-electron chi connectivity index (χ2n) is 3.95. The van der Waals surface area contributed by atoms with E-state index in [0.29, 0.717) is 6.04 Å². The van der Waals surface area contributed by atoms with Crippen LogP contribution < -0.4 is 0 Å². The van der Waals surface area contributed by atoms with E-state index in [2.05, 4.69) is 36.9 Å². The fraction of sp³-hybridized carbons (Fsp3) is 0.333. The van der Waals surface area contributed by atoms with Crippen molar-refractivity contribution in [2.75, 3.05) is 0 Å². The molecule has 3 nitrogen and oxygen atoms in total. The van der Waals surface area contributed by atoms with Gasteiger partial charge in [0, 0.05) is 29.7 Å². The molecule has 0 aromatic carbocycles. The largest absolute Gasteiger partial charge is 0.267 e. The highest BCUT2D eigenvalue weighted by molar-refractivity contribution is 5.57. The van der Waals surface area contributed by atoms with Crippen molar-refractivity contribution in [3.63, 3.8) is 0 Å². The third kappa shape index (κ3) is 1.91. The number of nitrogens with zero attached hydrogens (tertiary/aromatic N) is 3. The van der Waals surface area contributed by atoms with Gasteiger partial charge in [0.1, 0.15) is 0 Å². The normalized spacial score (nSPS) is 10.9. The third-order valence-corrected chi connectivity index (χ3v) is 2.37. The van der Waals surface area contributed by atoms with Crippen LogP contribution in [0.25, 0.3) is 11.3 Å². The van der Waals surface area contributed by atoms with Gasteiger partial charge in [-0.2, -0.15) is 5.10 Å². The first kappa shape index (κ1) is 9.90. The van der Waals surface area contributed by atoms with Crippen LogP contribution in [0, 0.1) is 6.92 Å². The molecule has 0 fully saturated rings. The van der Waals surface area contributed by atoms with Crippen molar-refractivity contribution in [2.45, 2.75) is 26.8 Å². The van der Waals surface area contributed by atoms with Gasteiger partial charge < -0.3 is 0 Å². The van der Waals surface area contributed by atoms with Gasteiger partial charge in [-0.05, 0) is 39.0 Å². The molecule has 0 aliphatic carbocycles. The third-order valence-electron chi connectivity index (χ3n) is 2.37. The summed E-state index contributed by atoms with van der Waals surface area (Å²) in [6.45, 7) is 6.34. The van der Waals surface area contributed by atoms with Gasteiger partial charge in [-0.3, -0.25) is 9.67 Å². The lowest BCUT2D eigenvalue weighted by Gasteiger charge is -2.06. The van der Waals surface area contributed by atoms with Crippen LogP contribution in [0.4, 0.5) is 0 Å². The van der Waals surface area contributed by atoms with E-state index >= 15 is 0 Å². The van der Waals surface area contributed by atoms with Crippen molar-refractivity contribution in [1.82, 2.24) is 14.8 Å². The molecule has 0 bridgehead atoms. The zero-order valence-electron chi connectivity index (χ0n) is 9.31. The van der Waals surface area contributed by atoms with Gasteiger partial charge >= 0.3 is 0 Å². The monoisotopic (exact) mass is 201 g/mol. The van der Waals surface area contributed by atoms with Crippen LogP contribution >= 0.6 is 0 Å². The van der Waals surface area contributed by atoms with Gasteiger partial charge in [0.05, 0.1) is 5.69 Å². The lowest BCUT2D eigenvalue weighted by Crippen LogP contribution is -2.04. The molecule has 0 aliphatic heterocycles. The number of pyridine rings is 1. The van der Waals surface area contributed by atoms with Gasteiger partial charge in [0.2, 0.25) is 0 Å². The predicted octanol–water partition coefficient (Wildman–Crippen LogP) is 2.83. The minimum atomic E-state index is 0.399. The molecule has 0 amide bonds. The van der Waals surface area contributed by atoms with Crippen LogP contribution in [0.2, 0.25) is 0 Å². The highest BCUT2D eigenvalue weighted by Gasteiger charge is 2.08. The van der Waals surface area contributed by atoms with Crippen LogP contribution in [0.1, 0.15) is 25.6 Å². The second kappa shape index (κ2) is 3.85. The fourth-order valence-electron chi connectivity index (χ4n) is 1.67. The summed E-state index contributed by atoms with van der Waals surface area (Å²) in [6, 6.07) is 6.45. The van der Waals surface area contributed by atoms with E-state index in [4.69, 9.17) is 0 Å². The lowest BCUT2D eigenvalue weighted by molar-refractivity contribution is 0.520. The van der Waals surface area contributed by atoms with Gasteiger partial charge in [-0.1, -0.05) is 0 Å². The van der Waals surface area contributed by atoms with E-state index in [-0.39, 0.29) is 0 Å². The SMILES string of the molecule is Cc1cc(-c2cccnc2)nn1C(C)C. The number of aromatic nitrogens is 3. The van der Waals surface area contributed by atoms with E-state index in [0.717, 1.165) is 11.3 Å². The average molecular weight is 201 g/mol. The molecular weight excluding hydrogens is 186 g/mol. The summed E-state index contributed by atoms with van der Waals surface area (Å²) in [4.78, 5) is 4.10. The molecule has 2 heterocycles. The minimum Gasteiger partial charge on any atom is -0.267 e. The van der Waals surface area contributed by atoms with Gasteiger partial charge in [-0.15, -0.1) is 0 Å². The Balaban J connectivity index is 2.43. The molecule has 0 saturated heterocycles. The molecule has 0 radical (unpaired) electrons. The van der Waals surface area contributed by atoms with Crippen LogP contribution in [0.3, 0.4) is 0 Å². The number of rotatable bonds is 2. The molecule has 3 heteroatoms. The van der Waals surface area contributed by atoms with Gasteiger partial charge in [0.25, 0.3) is 0 Å². The van der Waals surface area contributed by atoms with Crippen molar-refractivity contribution in [3.8, 4) is 11.3 Å². The molecule has 15 heavy (non-hydrogen) atoms. The Bertz CT molecular complexity index is 443. The fourth-order valence-corrected chi connectivity index (χ4v) is 1.67. The first-order valence-electron chi connectivity index (χ1n) is 5.15. The van der Waals surface area contributed by atoms with Crippen LogP contribution in [0.15, 0.2) is 30.6 Å². The average Bonchev–Trinajstić information content (AvgIpc) is 2.62. The molecular formula is C12H15N3. The first-order chi connectivity index (χ1) is 7.18. The van der Waals surface area contributed by atoms with Crippen molar-refractivity contribution in [3.05, 3.63) is 36.3 Å². The van der Waals surface area contributed by atoms with Crippen molar-refractivity contribution in [2.24, 2.45) is 0 Å².